The SMILES string of the molecule is N#CC(C(=O)NC1CCCC1)=C1N=C(NC(=O)c2ccc(Cl)cc2)c2ccccc21. The van der Waals surface area contributed by atoms with Gasteiger partial charge in [0.1, 0.15) is 17.5 Å². The van der Waals surface area contributed by atoms with Gasteiger partial charge >= 0.3 is 0 Å². The monoisotopic (exact) mass is 418 g/mol. The van der Waals surface area contributed by atoms with Crippen molar-refractivity contribution in [3.05, 3.63) is 75.8 Å². The van der Waals surface area contributed by atoms with Crippen LogP contribution in [0.2, 0.25) is 5.02 Å². The summed E-state index contributed by atoms with van der Waals surface area (Å²) in [4.78, 5) is 29.8. The quantitative estimate of drug-likeness (QED) is 0.586. The number of hydrogen-bond donors (Lipinski definition) is 2. The van der Waals surface area contributed by atoms with Crippen LogP contribution in [0, 0.1) is 11.3 Å². The van der Waals surface area contributed by atoms with E-state index in [4.69, 9.17) is 11.6 Å². The van der Waals surface area contributed by atoms with Crippen molar-refractivity contribution >= 4 is 34.9 Å². The zero-order valence-corrected chi connectivity index (χ0v) is 16.9. The fourth-order valence-electron chi connectivity index (χ4n) is 3.73. The number of benzene rings is 2. The summed E-state index contributed by atoms with van der Waals surface area (Å²) in [6, 6.07) is 15.8. The van der Waals surface area contributed by atoms with Gasteiger partial charge in [0.15, 0.2) is 0 Å². The zero-order valence-electron chi connectivity index (χ0n) is 16.1. The van der Waals surface area contributed by atoms with Gasteiger partial charge < -0.3 is 10.6 Å². The zero-order chi connectivity index (χ0) is 21.1. The topological polar surface area (TPSA) is 94.3 Å². The van der Waals surface area contributed by atoms with E-state index in [1.165, 1.54) is 0 Å². The van der Waals surface area contributed by atoms with Crippen LogP contribution in [0.3, 0.4) is 0 Å². The van der Waals surface area contributed by atoms with Crippen LogP contribution in [0.25, 0.3) is 5.70 Å². The number of nitriles is 1. The Morgan fingerprint density at radius 1 is 1.03 bits per heavy atom. The smallest absolute Gasteiger partial charge is 0.264 e. The number of amidine groups is 1. The summed E-state index contributed by atoms with van der Waals surface area (Å²) in [5.41, 5.74) is 1.95. The molecule has 2 amide bonds. The van der Waals surface area contributed by atoms with Crippen molar-refractivity contribution < 1.29 is 9.59 Å². The molecular formula is C23H19ClN4O2. The lowest BCUT2D eigenvalue weighted by Crippen LogP contribution is -2.33. The summed E-state index contributed by atoms with van der Waals surface area (Å²) >= 11 is 5.88. The summed E-state index contributed by atoms with van der Waals surface area (Å²) in [5, 5.41) is 15.9. The van der Waals surface area contributed by atoms with E-state index in [2.05, 4.69) is 15.6 Å². The molecule has 0 radical (unpaired) electrons. The minimum atomic E-state index is -0.428. The van der Waals surface area contributed by atoms with Crippen LogP contribution in [0.4, 0.5) is 0 Å². The first-order valence-corrected chi connectivity index (χ1v) is 10.1. The largest absolute Gasteiger partial charge is 0.349 e. The van der Waals surface area contributed by atoms with Gasteiger partial charge in [0, 0.05) is 27.8 Å². The van der Waals surface area contributed by atoms with E-state index < -0.39 is 5.91 Å². The number of rotatable bonds is 3. The van der Waals surface area contributed by atoms with Crippen LogP contribution in [0.15, 0.2) is 59.1 Å². The van der Waals surface area contributed by atoms with Gasteiger partial charge in [0.05, 0.1) is 5.70 Å². The molecule has 150 valence electrons. The van der Waals surface area contributed by atoms with Crippen LogP contribution >= 0.6 is 11.6 Å². The third-order valence-corrected chi connectivity index (χ3v) is 5.52. The van der Waals surface area contributed by atoms with Crippen molar-refractivity contribution in [1.29, 1.82) is 5.26 Å². The van der Waals surface area contributed by atoms with E-state index in [9.17, 15) is 14.9 Å². The Kier molecular flexibility index (Phi) is 5.64. The van der Waals surface area contributed by atoms with Crippen molar-refractivity contribution in [2.24, 2.45) is 4.99 Å². The van der Waals surface area contributed by atoms with E-state index in [0.717, 1.165) is 25.7 Å². The maximum absolute atomic E-state index is 12.7. The van der Waals surface area contributed by atoms with Crippen molar-refractivity contribution in [1.82, 2.24) is 10.6 Å². The average molecular weight is 419 g/mol. The molecule has 4 rings (SSSR count). The standard InChI is InChI=1S/C23H19ClN4O2/c24-15-11-9-14(10-12-15)22(29)28-21-18-8-4-3-7-17(18)20(27-21)19(13-25)23(30)26-16-5-1-2-6-16/h3-4,7-12,16H,1-2,5-6H2,(H,26,30)(H,27,28,29). The summed E-state index contributed by atoms with van der Waals surface area (Å²) in [6.07, 6.45) is 3.99. The molecular weight excluding hydrogens is 400 g/mol. The number of hydrogen-bond acceptors (Lipinski definition) is 4. The van der Waals surface area contributed by atoms with Crippen LogP contribution in [-0.2, 0) is 4.79 Å². The number of nitrogens with zero attached hydrogens (tertiary/aromatic N) is 2. The Labute approximate surface area is 179 Å². The molecule has 30 heavy (non-hydrogen) atoms. The molecule has 0 unspecified atom stereocenters. The van der Waals surface area contributed by atoms with Crippen molar-refractivity contribution in [2.75, 3.05) is 0 Å². The summed E-state index contributed by atoms with van der Waals surface area (Å²) in [5.74, 6) is -0.472. The van der Waals surface area contributed by atoms with Gasteiger partial charge in [-0.1, -0.05) is 48.7 Å². The van der Waals surface area contributed by atoms with E-state index in [1.54, 1.807) is 36.4 Å². The van der Waals surface area contributed by atoms with Gasteiger partial charge in [-0.2, -0.15) is 5.26 Å². The number of fused-ring (bicyclic) bond motifs is 1. The van der Waals surface area contributed by atoms with Crippen molar-refractivity contribution in [3.63, 3.8) is 0 Å². The Morgan fingerprint density at radius 3 is 2.37 bits per heavy atom. The second kappa shape index (κ2) is 8.52. The number of amides is 2. The molecule has 0 bridgehead atoms. The van der Waals surface area contributed by atoms with Crippen LogP contribution in [-0.4, -0.2) is 23.7 Å². The first-order chi connectivity index (χ1) is 14.6. The third-order valence-electron chi connectivity index (χ3n) is 5.27. The van der Waals surface area contributed by atoms with Crippen LogP contribution in [0.1, 0.15) is 47.2 Å². The van der Waals surface area contributed by atoms with Crippen LogP contribution in [0.5, 0.6) is 0 Å². The van der Waals surface area contributed by atoms with Gasteiger partial charge in [0.25, 0.3) is 11.8 Å². The molecule has 1 fully saturated rings. The van der Waals surface area contributed by atoms with Crippen molar-refractivity contribution in [2.45, 2.75) is 31.7 Å². The molecule has 1 aliphatic carbocycles. The second-order valence-corrected chi connectivity index (χ2v) is 7.69. The molecule has 0 atom stereocenters. The summed E-state index contributed by atoms with van der Waals surface area (Å²) in [6.45, 7) is 0. The van der Waals surface area contributed by atoms with Crippen molar-refractivity contribution in [3.8, 4) is 6.07 Å². The normalized spacial score (nSPS) is 17.0. The van der Waals surface area contributed by atoms with Gasteiger partial charge in [-0.15, -0.1) is 0 Å². The highest BCUT2D eigenvalue weighted by atomic mass is 35.5. The molecule has 2 aromatic carbocycles. The number of nitrogens with one attached hydrogen (secondary N) is 2. The van der Waals surface area contributed by atoms with E-state index in [1.807, 2.05) is 18.2 Å². The lowest BCUT2D eigenvalue weighted by atomic mass is 10.0. The second-order valence-electron chi connectivity index (χ2n) is 7.26. The minimum Gasteiger partial charge on any atom is -0.349 e. The molecule has 2 aliphatic rings. The molecule has 1 heterocycles. The molecule has 0 spiro atoms. The molecule has 1 aliphatic heterocycles. The fraction of sp³-hybridized carbons (Fsp3) is 0.217. The highest BCUT2D eigenvalue weighted by Gasteiger charge is 2.28. The number of halogens is 1. The molecule has 2 aromatic rings. The Bertz CT molecular complexity index is 1110. The molecule has 7 heteroatoms. The number of aliphatic imine (C=N–C) groups is 1. The van der Waals surface area contributed by atoms with E-state index in [0.29, 0.717) is 27.5 Å². The first kappa shape index (κ1) is 19.9. The lowest BCUT2D eigenvalue weighted by molar-refractivity contribution is -0.117. The van der Waals surface area contributed by atoms with Crippen LogP contribution < -0.4 is 10.6 Å². The molecule has 2 N–H and O–H groups in total. The highest BCUT2D eigenvalue weighted by molar-refractivity contribution is 6.30. The van der Waals surface area contributed by atoms with Gasteiger partial charge in [-0.3, -0.25) is 9.59 Å². The predicted molar refractivity (Wildman–Crippen MR) is 115 cm³/mol. The Morgan fingerprint density at radius 2 is 1.70 bits per heavy atom. The molecule has 6 nitrogen and oxygen atoms in total. The summed E-state index contributed by atoms with van der Waals surface area (Å²) in [7, 11) is 0. The fourth-order valence-corrected chi connectivity index (χ4v) is 3.86. The maximum atomic E-state index is 12.7. The summed E-state index contributed by atoms with van der Waals surface area (Å²) < 4.78 is 0. The molecule has 0 aromatic heterocycles. The van der Waals surface area contributed by atoms with E-state index >= 15 is 0 Å². The third kappa shape index (κ3) is 3.98. The minimum absolute atomic E-state index is 0.0508. The van der Waals surface area contributed by atoms with Gasteiger partial charge in [-0.25, -0.2) is 4.99 Å². The first-order valence-electron chi connectivity index (χ1n) is 9.77. The lowest BCUT2D eigenvalue weighted by Gasteiger charge is -2.11. The van der Waals surface area contributed by atoms with E-state index in [-0.39, 0.29) is 23.2 Å². The highest BCUT2D eigenvalue weighted by Crippen LogP contribution is 2.31. The number of carbonyl (C=O) groups excluding carboxylic acids is 2. The predicted octanol–water partition coefficient (Wildman–Crippen LogP) is 3.82. The maximum Gasteiger partial charge on any atom is 0.264 e. The molecule has 0 saturated heterocycles. The average Bonchev–Trinajstić information content (AvgIpc) is 3.38. The Hall–Kier alpha value is -3.43. The number of carbonyl (C=O) groups is 2. The van der Waals surface area contributed by atoms with Gasteiger partial charge in [0.2, 0.25) is 0 Å². The molecule has 1 saturated carbocycles. The van der Waals surface area contributed by atoms with Gasteiger partial charge in [-0.05, 0) is 37.1 Å². The Balaban J connectivity index is 1.66.